The maximum absolute atomic E-state index is 10.6. The number of methoxy groups -OCH3 is 2. The van der Waals surface area contributed by atoms with Crippen molar-refractivity contribution in [1.29, 1.82) is 0 Å². The third-order valence-corrected chi connectivity index (χ3v) is 2.94. The van der Waals surface area contributed by atoms with Crippen molar-refractivity contribution in [3.05, 3.63) is 56.2 Å². The number of carboxylic acids is 1. The Morgan fingerprint density at radius 3 is 1.74 bits per heavy atom. The number of carbonyl (C=O) groups is 3. The number of aromatic nitrogens is 6. The van der Waals surface area contributed by atoms with E-state index in [4.69, 9.17) is 16.7 Å². The van der Waals surface area contributed by atoms with E-state index >= 15 is 0 Å². The van der Waals surface area contributed by atoms with Crippen molar-refractivity contribution < 1.29 is 34.4 Å². The number of nitrogens with zero attached hydrogens (tertiary/aromatic N) is 5. The summed E-state index contributed by atoms with van der Waals surface area (Å²) in [5.74, 6) is -1.57. The first-order chi connectivity index (χ1) is 14.4. The van der Waals surface area contributed by atoms with E-state index in [1.807, 2.05) is 0 Å². The van der Waals surface area contributed by atoms with Crippen LogP contribution in [0.1, 0.15) is 0 Å². The van der Waals surface area contributed by atoms with Gasteiger partial charge in [0.25, 0.3) is 0 Å². The number of aromatic amines is 1. The average Bonchev–Trinajstić information content (AvgIpc) is 3.52. The zero-order valence-electron chi connectivity index (χ0n) is 16.9. The molecule has 0 atom stereocenters. The molecule has 13 nitrogen and oxygen atoms in total. The molecule has 14 heteroatoms. The summed E-state index contributed by atoms with van der Waals surface area (Å²) in [7, 11) is 2.66. The molecule has 0 saturated heterocycles. The second-order valence-electron chi connectivity index (χ2n) is 4.91. The van der Waals surface area contributed by atoms with E-state index in [0.29, 0.717) is 0 Å². The number of nitrogens with one attached hydrogen (secondary N) is 1. The summed E-state index contributed by atoms with van der Waals surface area (Å²) in [5, 5.41) is 8.24. The smallest absolute Gasteiger partial charge is 0.325 e. The normalized spacial score (nSPS) is 8.48. The molecule has 0 aliphatic rings. The minimum Gasteiger partial charge on any atom is -0.480 e. The maximum Gasteiger partial charge on any atom is 0.325 e. The van der Waals surface area contributed by atoms with Crippen LogP contribution in [0.2, 0.25) is 0 Å². The third-order valence-electron chi connectivity index (χ3n) is 2.72. The van der Waals surface area contributed by atoms with Gasteiger partial charge in [0.15, 0.2) is 0 Å². The number of hydrogen-bond donors (Lipinski definition) is 2. The van der Waals surface area contributed by atoms with Crippen LogP contribution in [0.4, 0.5) is 0 Å². The molecule has 0 aliphatic carbocycles. The lowest BCUT2D eigenvalue weighted by atomic mass is 10.6. The zero-order valence-corrected chi connectivity index (χ0v) is 17.7. The molecule has 4 N–H and O–H groups in total. The van der Waals surface area contributed by atoms with E-state index in [2.05, 4.69) is 29.4 Å². The van der Waals surface area contributed by atoms with E-state index in [9.17, 15) is 14.4 Å². The minimum atomic E-state index is -0.854. The summed E-state index contributed by atoms with van der Waals surface area (Å²) in [6.45, 7) is 0.219. The van der Waals surface area contributed by atoms with Crippen LogP contribution in [0.25, 0.3) is 0 Å². The molecule has 0 amide bonds. The highest BCUT2D eigenvalue weighted by Gasteiger charge is 1.98. The first-order valence-corrected chi connectivity index (χ1v) is 8.71. The second-order valence-corrected chi connectivity index (χ2v) is 5.18. The monoisotopic (exact) mass is 460 g/mol. The van der Waals surface area contributed by atoms with Gasteiger partial charge in [-0.1, -0.05) is 0 Å². The van der Waals surface area contributed by atoms with Crippen molar-refractivity contribution in [2.24, 2.45) is 0 Å². The summed E-state index contributed by atoms with van der Waals surface area (Å²) >= 11 is 4.98. The molecule has 0 fully saturated rings. The van der Waals surface area contributed by atoms with Crippen LogP contribution in [0.15, 0.2) is 56.2 Å². The molecule has 31 heavy (non-hydrogen) atoms. The predicted octanol–water partition coefficient (Wildman–Crippen LogP) is 0.00700. The van der Waals surface area contributed by atoms with E-state index in [1.165, 1.54) is 25.1 Å². The molecule has 0 bridgehead atoms. The zero-order chi connectivity index (χ0) is 22.6. The fourth-order valence-electron chi connectivity index (χ4n) is 1.40. The highest BCUT2D eigenvalue weighted by molar-refractivity contribution is 6.26. The Hall–Kier alpha value is -3.71. The van der Waals surface area contributed by atoms with Gasteiger partial charge in [-0.2, -0.15) is 0 Å². The molecule has 0 radical (unpaired) electrons. The summed E-state index contributed by atoms with van der Waals surface area (Å²) in [6.07, 6.45) is 14.6. The summed E-state index contributed by atoms with van der Waals surface area (Å²) in [5.41, 5.74) is 0. The van der Waals surface area contributed by atoms with Gasteiger partial charge in [0.2, 0.25) is 0 Å². The van der Waals surface area contributed by atoms with Crippen LogP contribution in [0.3, 0.4) is 0 Å². The Balaban J connectivity index is 0. The lowest BCUT2D eigenvalue weighted by Crippen LogP contribution is -2.09. The Bertz CT molecular complexity index is 772. The predicted molar refractivity (Wildman–Crippen MR) is 109 cm³/mol. The average molecular weight is 461 g/mol. The molecule has 3 rings (SSSR count). The van der Waals surface area contributed by atoms with Gasteiger partial charge in [-0.25, -0.2) is 15.0 Å². The van der Waals surface area contributed by atoms with Crippen molar-refractivity contribution >= 4 is 29.5 Å². The number of ether oxygens (including phenoxy) is 2. The number of halogens is 1. The number of H-pyrrole nitrogens is 1. The SMILES string of the molecule is COC(=O)CCl.COC(=O)Cn1ccnc1.O.O=C(O)Cn1ccnc1.c1c[nH]cn1. The lowest BCUT2D eigenvalue weighted by molar-refractivity contribution is -0.141. The molecule has 172 valence electrons. The number of esters is 2. The molecule has 0 saturated carbocycles. The van der Waals surface area contributed by atoms with Gasteiger partial charge in [0.1, 0.15) is 19.0 Å². The number of aliphatic carboxylic acids is 1. The van der Waals surface area contributed by atoms with Gasteiger partial charge < -0.3 is 34.2 Å². The molecular formula is C17H25ClN6O7. The largest absolute Gasteiger partial charge is 0.480 e. The van der Waals surface area contributed by atoms with Crippen LogP contribution in [0.5, 0.6) is 0 Å². The van der Waals surface area contributed by atoms with Crippen LogP contribution >= 0.6 is 11.6 Å². The molecule has 3 aromatic heterocycles. The van der Waals surface area contributed by atoms with Gasteiger partial charge in [-0.05, 0) is 0 Å². The molecule has 0 aromatic carbocycles. The summed E-state index contributed by atoms with van der Waals surface area (Å²) in [4.78, 5) is 44.3. The van der Waals surface area contributed by atoms with Gasteiger partial charge in [0.05, 0.1) is 33.2 Å². The number of carboxylic acid groups (broad SMARTS) is 1. The first kappa shape index (κ1) is 29.5. The molecular weight excluding hydrogens is 436 g/mol. The molecule has 0 spiro atoms. The molecule has 0 aliphatic heterocycles. The van der Waals surface area contributed by atoms with Crippen molar-refractivity contribution in [2.45, 2.75) is 13.1 Å². The fourth-order valence-corrected chi connectivity index (χ4v) is 1.51. The molecule has 3 heterocycles. The summed E-state index contributed by atoms with van der Waals surface area (Å²) < 4.78 is 11.7. The summed E-state index contributed by atoms with van der Waals surface area (Å²) in [6, 6.07) is 0. The van der Waals surface area contributed by atoms with Gasteiger partial charge in [-0.3, -0.25) is 14.4 Å². The molecule has 0 unspecified atom stereocenters. The number of carbonyl (C=O) groups excluding carboxylic acids is 2. The first-order valence-electron chi connectivity index (χ1n) is 8.18. The highest BCUT2D eigenvalue weighted by Crippen LogP contribution is 1.86. The number of imidazole rings is 3. The van der Waals surface area contributed by atoms with Crippen LogP contribution in [0, 0.1) is 0 Å². The van der Waals surface area contributed by atoms with Crippen molar-refractivity contribution in [2.75, 3.05) is 20.1 Å². The molecule has 3 aromatic rings. The standard InChI is InChI=1S/C6H8N2O2.C5H6N2O2.C3H5ClO2.C3H4N2.H2O/c1-10-6(9)4-8-3-2-7-5-8;8-5(9)3-7-2-1-6-4-7;1-6-3(5)2-4;1-2-5-3-4-1;/h2-3,5H,4H2,1H3;1-2,4H,3H2,(H,8,9);2H2,1H3;1-3H,(H,4,5);1H2. The van der Waals surface area contributed by atoms with Gasteiger partial charge >= 0.3 is 17.9 Å². The third kappa shape index (κ3) is 18.1. The van der Waals surface area contributed by atoms with Crippen molar-refractivity contribution in [1.82, 2.24) is 29.1 Å². The Morgan fingerprint density at radius 1 is 0.935 bits per heavy atom. The topological polar surface area (TPSA) is 186 Å². The maximum atomic E-state index is 10.6. The van der Waals surface area contributed by atoms with E-state index < -0.39 is 11.9 Å². The van der Waals surface area contributed by atoms with E-state index in [0.717, 1.165) is 0 Å². The Kier molecular flexibility index (Phi) is 18.6. The van der Waals surface area contributed by atoms with Crippen LogP contribution < -0.4 is 0 Å². The van der Waals surface area contributed by atoms with Gasteiger partial charge in [-0.15, -0.1) is 11.6 Å². The number of hydrogen-bond acceptors (Lipinski definition) is 8. The van der Waals surface area contributed by atoms with Crippen LogP contribution in [-0.4, -0.2) is 77.7 Å². The van der Waals surface area contributed by atoms with E-state index in [1.54, 1.807) is 54.4 Å². The fraction of sp³-hybridized carbons (Fsp3) is 0.294. The number of alkyl halides is 1. The Morgan fingerprint density at radius 2 is 1.48 bits per heavy atom. The van der Waals surface area contributed by atoms with Crippen molar-refractivity contribution in [3.8, 4) is 0 Å². The van der Waals surface area contributed by atoms with Crippen molar-refractivity contribution in [3.63, 3.8) is 0 Å². The highest BCUT2D eigenvalue weighted by atomic mass is 35.5. The lowest BCUT2D eigenvalue weighted by Gasteiger charge is -1.97. The second kappa shape index (κ2) is 19.6. The van der Waals surface area contributed by atoms with E-state index in [-0.39, 0.29) is 30.4 Å². The van der Waals surface area contributed by atoms with Gasteiger partial charge in [0, 0.05) is 37.2 Å². The quantitative estimate of drug-likeness (QED) is 0.390. The minimum absolute atomic E-state index is 0. The number of rotatable bonds is 5. The Labute approximate surface area is 182 Å². The van der Waals surface area contributed by atoms with Crippen LogP contribution in [-0.2, 0) is 36.9 Å².